The van der Waals surface area contributed by atoms with Crippen LogP contribution in [0.5, 0.6) is 17.2 Å². The van der Waals surface area contributed by atoms with Gasteiger partial charge in [0.2, 0.25) is 5.91 Å². The Kier molecular flexibility index (Phi) is 6.48. The molecule has 34 heavy (non-hydrogen) atoms. The van der Waals surface area contributed by atoms with Crippen molar-refractivity contribution in [3.63, 3.8) is 0 Å². The second-order valence-electron chi connectivity index (χ2n) is 7.52. The second-order valence-corrected chi connectivity index (χ2v) is 7.52. The first kappa shape index (κ1) is 22.8. The van der Waals surface area contributed by atoms with Gasteiger partial charge in [-0.2, -0.15) is 0 Å². The van der Waals surface area contributed by atoms with E-state index in [2.05, 4.69) is 15.4 Å². The molecule has 1 N–H and O–H groups in total. The van der Waals surface area contributed by atoms with E-state index in [1.807, 2.05) is 30.3 Å². The number of hydrogen-bond acceptors (Lipinski definition) is 7. The number of aryl methyl sites for hydroxylation is 1. The zero-order valence-electron chi connectivity index (χ0n) is 19.4. The third-order valence-corrected chi connectivity index (χ3v) is 5.35. The normalized spacial score (nSPS) is 10.8. The topological polar surface area (TPSA) is 109 Å². The lowest BCUT2D eigenvalue weighted by Crippen LogP contribution is -2.32. The van der Waals surface area contributed by atoms with Crippen LogP contribution in [0, 0.1) is 6.92 Å². The summed E-state index contributed by atoms with van der Waals surface area (Å²) < 4.78 is 18.2. The highest BCUT2D eigenvalue weighted by atomic mass is 16.5. The lowest BCUT2D eigenvalue weighted by molar-refractivity contribution is -0.122. The smallest absolute Gasteiger partial charge is 0.352 e. The number of benzene rings is 2. The number of nitrogens with one attached hydrogen (secondary N) is 1. The molecule has 0 atom stereocenters. The van der Waals surface area contributed by atoms with Crippen LogP contribution in [0.3, 0.4) is 0 Å². The number of amides is 1. The molecule has 10 nitrogen and oxygen atoms in total. The predicted molar refractivity (Wildman–Crippen MR) is 125 cm³/mol. The van der Waals surface area contributed by atoms with Crippen molar-refractivity contribution in [3.8, 4) is 28.5 Å². The van der Waals surface area contributed by atoms with Crippen LogP contribution in [0.15, 0.2) is 53.3 Å². The van der Waals surface area contributed by atoms with Crippen molar-refractivity contribution in [1.29, 1.82) is 0 Å². The van der Waals surface area contributed by atoms with Crippen molar-refractivity contribution in [2.75, 3.05) is 21.3 Å². The van der Waals surface area contributed by atoms with Gasteiger partial charge in [-0.1, -0.05) is 6.07 Å². The molecule has 2 aromatic heterocycles. The van der Waals surface area contributed by atoms with Crippen LogP contribution < -0.4 is 25.2 Å². The van der Waals surface area contributed by atoms with Crippen molar-refractivity contribution < 1.29 is 19.0 Å². The van der Waals surface area contributed by atoms with E-state index in [9.17, 15) is 9.59 Å². The van der Waals surface area contributed by atoms with Gasteiger partial charge in [-0.05, 0) is 48.9 Å². The van der Waals surface area contributed by atoms with E-state index in [4.69, 9.17) is 14.2 Å². The minimum Gasteiger partial charge on any atom is -0.497 e. The van der Waals surface area contributed by atoms with Gasteiger partial charge in [0.25, 0.3) is 0 Å². The quantitative estimate of drug-likeness (QED) is 0.427. The first-order chi connectivity index (χ1) is 16.4. The van der Waals surface area contributed by atoms with Crippen LogP contribution in [0.25, 0.3) is 16.9 Å². The van der Waals surface area contributed by atoms with Crippen molar-refractivity contribution in [2.45, 2.75) is 20.0 Å². The van der Waals surface area contributed by atoms with Crippen LogP contribution in [0.1, 0.15) is 11.4 Å². The fraction of sp³-hybridized carbons (Fsp3) is 0.250. The van der Waals surface area contributed by atoms with Crippen molar-refractivity contribution >= 4 is 11.6 Å². The highest BCUT2D eigenvalue weighted by molar-refractivity contribution is 5.75. The Bertz CT molecular complexity index is 1390. The van der Waals surface area contributed by atoms with E-state index >= 15 is 0 Å². The number of fused-ring (bicyclic) bond motifs is 1. The lowest BCUT2D eigenvalue weighted by Gasteiger charge is -2.10. The summed E-state index contributed by atoms with van der Waals surface area (Å²) in [5, 5.41) is 7.14. The molecule has 1 amide bonds. The van der Waals surface area contributed by atoms with Crippen molar-refractivity contribution in [3.05, 3.63) is 70.4 Å². The van der Waals surface area contributed by atoms with E-state index < -0.39 is 5.69 Å². The second kappa shape index (κ2) is 9.65. The Balaban J connectivity index is 1.51. The standard InChI is InChI=1S/C24H25N5O5/c1-15-26-19(17-6-8-18(32-2)9-7-17)12-22-27-28(24(31)29(15)22)14-23(30)25-13-16-5-10-20(33-3)21(11-16)34-4/h5-12H,13-14H2,1-4H3,(H,25,30). The van der Waals surface area contributed by atoms with Gasteiger partial charge in [0.05, 0.1) is 27.0 Å². The van der Waals surface area contributed by atoms with E-state index in [1.165, 1.54) is 4.40 Å². The minimum atomic E-state index is -0.428. The first-order valence-corrected chi connectivity index (χ1v) is 10.5. The van der Waals surface area contributed by atoms with Crippen LogP contribution in [-0.4, -0.2) is 46.4 Å². The summed E-state index contributed by atoms with van der Waals surface area (Å²) >= 11 is 0. The molecule has 4 aromatic rings. The number of methoxy groups -OCH3 is 3. The Labute approximate surface area is 195 Å². The predicted octanol–water partition coefficient (Wildman–Crippen LogP) is 2.21. The van der Waals surface area contributed by atoms with E-state index in [0.29, 0.717) is 28.7 Å². The molecule has 2 aromatic carbocycles. The first-order valence-electron chi connectivity index (χ1n) is 10.5. The number of nitrogens with zero attached hydrogens (tertiary/aromatic N) is 4. The molecule has 176 valence electrons. The Hall–Kier alpha value is -4.34. The van der Waals surface area contributed by atoms with Gasteiger partial charge in [-0.3, -0.25) is 4.79 Å². The van der Waals surface area contributed by atoms with Crippen LogP contribution in [0.4, 0.5) is 0 Å². The molecule has 0 saturated carbocycles. The molecule has 0 radical (unpaired) electrons. The third-order valence-electron chi connectivity index (χ3n) is 5.35. The molecule has 0 aliphatic heterocycles. The van der Waals surface area contributed by atoms with Crippen molar-refractivity contribution in [2.24, 2.45) is 0 Å². The molecule has 0 aliphatic rings. The van der Waals surface area contributed by atoms with Gasteiger partial charge in [0.15, 0.2) is 17.1 Å². The monoisotopic (exact) mass is 463 g/mol. The van der Waals surface area contributed by atoms with Gasteiger partial charge in [-0.15, -0.1) is 5.10 Å². The maximum atomic E-state index is 12.8. The van der Waals surface area contributed by atoms with Crippen LogP contribution in [0.2, 0.25) is 0 Å². The number of hydrogen-bond donors (Lipinski definition) is 1. The summed E-state index contributed by atoms with van der Waals surface area (Å²) in [4.78, 5) is 29.9. The average molecular weight is 463 g/mol. The van der Waals surface area contributed by atoms with Crippen LogP contribution in [-0.2, 0) is 17.9 Å². The molecular formula is C24H25N5O5. The Morgan fingerprint density at radius 3 is 2.38 bits per heavy atom. The molecule has 0 aliphatic carbocycles. The number of carbonyl (C=O) groups is 1. The molecule has 10 heteroatoms. The Morgan fingerprint density at radius 2 is 1.71 bits per heavy atom. The molecule has 0 saturated heterocycles. The van der Waals surface area contributed by atoms with Gasteiger partial charge >= 0.3 is 5.69 Å². The van der Waals surface area contributed by atoms with Gasteiger partial charge in [0, 0.05) is 18.2 Å². The number of carbonyl (C=O) groups excluding carboxylic acids is 1. The van der Waals surface area contributed by atoms with E-state index in [0.717, 1.165) is 21.6 Å². The summed E-state index contributed by atoms with van der Waals surface area (Å²) in [6, 6.07) is 14.5. The fourth-order valence-corrected chi connectivity index (χ4v) is 3.60. The zero-order valence-corrected chi connectivity index (χ0v) is 19.4. The Morgan fingerprint density at radius 1 is 0.971 bits per heavy atom. The molecule has 4 rings (SSSR count). The highest BCUT2D eigenvalue weighted by Crippen LogP contribution is 2.27. The number of rotatable bonds is 8. The van der Waals surface area contributed by atoms with Crippen LogP contribution >= 0.6 is 0 Å². The molecule has 0 bridgehead atoms. The summed E-state index contributed by atoms with van der Waals surface area (Å²) in [5.41, 5.74) is 2.35. The molecule has 0 unspecified atom stereocenters. The van der Waals surface area contributed by atoms with Gasteiger partial charge < -0.3 is 19.5 Å². The lowest BCUT2D eigenvalue weighted by atomic mass is 10.1. The largest absolute Gasteiger partial charge is 0.497 e. The highest BCUT2D eigenvalue weighted by Gasteiger charge is 2.15. The van der Waals surface area contributed by atoms with Gasteiger partial charge in [-0.25, -0.2) is 18.9 Å². The molecule has 2 heterocycles. The van der Waals surface area contributed by atoms with E-state index in [-0.39, 0.29) is 19.0 Å². The number of aromatic nitrogens is 4. The SMILES string of the molecule is COc1ccc(-c2cc3nn(CC(=O)NCc4ccc(OC)c(OC)c4)c(=O)n3c(C)n2)cc1. The number of ether oxygens (including phenoxy) is 3. The van der Waals surface area contributed by atoms with Gasteiger partial charge in [0.1, 0.15) is 18.1 Å². The zero-order chi connectivity index (χ0) is 24.2. The summed E-state index contributed by atoms with van der Waals surface area (Å²) in [6.45, 7) is 1.78. The molecular weight excluding hydrogens is 438 g/mol. The van der Waals surface area contributed by atoms with E-state index in [1.54, 1.807) is 46.5 Å². The molecule has 0 fully saturated rings. The average Bonchev–Trinajstić information content (AvgIpc) is 3.17. The third kappa shape index (κ3) is 4.56. The maximum absolute atomic E-state index is 12.8. The summed E-state index contributed by atoms with van der Waals surface area (Å²) in [5.74, 6) is 2.04. The van der Waals surface area contributed by atoms with Crippen molar-refractivity contribution in [1.82, 2.24) is 24.5 Å². The summed E-state index contributed by atoms with van der Waals surface area (Å²) in [7, 11) is 4.71. The maximum Gasteiger partial charge on any atom is 0.352 e. The summed E-state index contributed by atoms with van der Waals surface area (Å²) in [6.07, 6.45) is 0. The minimum absolute atomic E-state index is 0.217. The molecule has 0 spiro atoms. The fourth-order valence-electron chi connectivity index (χ4n) is 3.60.